The normalized spacial score (nSPS) is 15.8. The molecule has 1 amide bonds. The fourth-order valence-electron chi connectivity index (χ4n) is 3.07. The minimum Gasteiger partial charge on any atom is -0.504 e. The molecule has 1 aliphatic rings. The van der Waals surface area contributed by atoms with E-state index in [9.17, 15) is 23.1 Å². The van der Waals surface area contributed by atoms with Crippen molar-refractivity contribution in [1.82, 2.24) is 15.1 Å². The quantitative estimate of drug-likeness (QED) is 0.719. The van der Waals surface area contributed by atoms with Gasteiger partial charge in [0.25, 0.3) is 5.91 Å². The highest BCUT2D eigenvalue weighted by atomic mass is 19.4. The van der Waals surface area contributed by atoms with Crippen LogP contribution in [0.1, 0.15) is 27.7 Å². The van der Waals surface area contributed by atoms with Crippen LogP contribution in [0.2, 0.25) is 0 Å². The molecule has 0 saturated carbocycles. The first-order valence-corrected chi connectivity index (χ1v) is 8.32. The average Bonchev–Trinajstić information content (AvgIpc) is 3.25. The van der Waals surface area contributed by atoms with E-state index in [1.54, 1.807) is 24.3 Å². The Balaban J connectivity index is 1.62. The number of carbonyl (C=O) groups excluding carboxylic acids is 1. The van der Waals surface area contributed by atoms with Gasteiger partial charge in [-0.1, -0.05) is 30.3 Å². The molecule has 0 radical (unpaired) electrons. The van der Waals surface area contributed by atoms with Crippen molar-refractivity contribution >= 4 is 5.91 Å². The maximum absolute atomic E-state index is 13.2. The number of benzene rings is 2. The lowest BCUT2D eigenvalue weighted by Crippen LogP contribution is -2.30. The summed E-state index contributed by atoms with van der Waals surface area (Å²) in [6, 6.07) is 11.5. The van der Waals surface area contributed by atoms with Gasteiger partial charge >= 0.3 is 6.18 Å². The van der Waals surface area contributed by atoms with Crippen molar-refractivity contribution in [1.29, 1.82) is 0 Å². The zero-order valence-corrected chi connectivity index (χ0v) is 14.3. The van der Waals surface area contributed by atoms with Gasteiger partial charge in [0.2, 0.25) is 0 Å². The van der Waals surface area contributed by atoms with Gasteiger partial charge < -0.3 is 15.2 Å². The molecule has 0 saturated heterocycles. The summed E-state index contributed by atoms with van der Waals surface area (Å²) in [4.78, 5) is 12.5. The van der Waals surface area contributed by atoms with E-state index in [0.29, 0.717) is 5.75 Å². The van der Waals surface area contributed by atoms with Crippen LogP contribution in [0.5, 0.6) is 11.5 Å². The fourth-order valence-corrected chi connectivity index (χ4v) is 3.07. The molecular weight excluding hydrogens is 375 g/mol. The van der Waals surface area contributed by atoms with Gasteiger partial charge in [-0.3, -0.25) is 4.79 Å². The third-order valence-electron chi connectivity index (χ3n) is 4.37. The number of aromatic nitrogens is 2. The van der Waals surface area contributed by atoms with Gasteiger partial charge in [0.15, 0.2) is 11.4 Å². The molecule has 2 N–H and O–H groups in total. The van der Waals surface area contributed by atoms with E-state index >= 15 is 0 Å². The van der Waals surface area contributed by atoms with Gasteiger partial charge in [-0.25, -0.2) is 4.68 Å². The lowest BCUT2D eigenvalue weighted by molar-refractivity contribution is -0.137. The van der Waals surface area contributed by atoms with Gasteiger partial charge in [-0.2, -0.15) is 18.3 Å². The first-order valence-electron chi connectivity index (χ1n) is 8.32. The summed E-state index contributed by atoms with van der Waals surface area (Å²) in [5.41, 5.74) is -0.819. The molecule has 0 fully saturated rings. The molecule has 0 aliphatic carbocycles. The van der Waals surface area contributed by atoms with Gasteiger partial charge in [0.1, 0.15) is 12.4 Å². The molecule has 3 aromatic rings. The van der Waals surface area contributed by atoms with Crippen LogP contribution < -0.4 is 10.1 Å². The van der Waals surface area contributed by atoms with Crippen LogP contribution in [0.3, 0.4) is 0 Å². The van der Waals surface area contributed by atoms with Gasteiger partial charge in [-0.05, 0) is 18.2 Å². The van der Waals surface area contributed by atoms with Crippen LogP contribution in [0, 0.1) is 0 Å². The maximum Gasteiger partial charge on any atom is 0.418 e. The van der Waals surface area contributed by atoms with E-state index in [2.05, 4.69) is 10.4 Å². The molecule has 144 valence electrons. The number of aromatic hydroxyl groups is 1. The van der Waals surface area contributed by atoms with E-state index in [-0.39, 0.29) is 18.0 Å². The Morgan fingerprint density at radius 1 is 1.18 bits per heavy atom. The van der Waals surface area contributed by atoms with Crippen molar-refractivity contribution in [3.05, 3.63) is 71.5 Å². The second-order valence-electron chi connectivity index (χ2n) is 6.20. The molecular formula is C19H14F3N3O3. The lowest BCUT2D eigenvalue weighted by atomic mass is 10.1. The Morgan fingerprint density at radius 2 is 1.89 bits per heavy atom. The van der Waals surface area contributed by atoms with Crippen LogP contribution in [-0.4, -0.2) is 27.4 Å². The summed E-state index contributed by atoms with van der Waals surface area (Å²) >= 11 is 0. The van der Waals surface area contributed by atoms with Crippen LogP contribution >= 0.6 is 0 Å². The number of para-hydroxylation sites is 2. The predicted molar refractivity (Wildman–Crippen MR) is 92.4 cm³/mol. The number of nitrogens with one attached hydrogen (secondary N) is 1. The number of rotatable bonds is 3. The van der Waals surface area contributed by atoms with Crippen molar-refractivity contribution in [2.75, 3.05) is 6.61 Å². The minimum absolute atomic E-state index is 0.212. The highest BCUT2D eigenvalue weighted by molar-refractivity contribution is 5.95. The number of amides is 1. The monoisotopic (exact) mass is 389 g/mol. The van der Waals surface area contributed by atoms with Crippen LogP contribution in [0.25, 0.3) is 5.69 Å². The maximum atomic E-state index is 13.2. The standard InChI is InChI=1S/C19H14F3N3O3/c20-19(21,22)12-6-2-3-7-14(12)25-9-15(26)17(24-25)18(27)23-13-10-28-16-8-4-1-5-11(13)16/h1-9,13,26H,10H2,(H,23,27). The molecule has 28 heavy (non-hydrogen) atoms. The number of ether oxygens (including phenoxy) is 1. The fraction of sp³-hybridized carbons (Fsp3) is 0.158. The van der Waals surface area contributed by atoms with Crippen LogP contribution in [0.4, 0.5) is 13.2 Å². The summed E-state index contributed by atoms with van der Waals surface area (Å²) in [5, 5.41) is 16.6. The summed E-state index contributed by atoms with van der Waals surface area (Å²) in [6.07, 6.45) is -3.63. The SMILES string of the molecule is O=C(NC1COc2ccccc21)c1nn(-c2ccccc2C(F)(F)F)cc1O. The van der Waals surface area contributed by atoms with Gasteiger partial charge in [0, 0.05) is 5.56 Å². The number of halogens is 3. The van der Waals surface area contributed by atoms with Gasteiger partial charge in [-0.15, -0.1) is 0 Å². The number of hydrogen-bond acceptors (Lipinski definition) is 4. The van der Waals surface area contributed by atoms with Crippen molar-refractivity contribution in [3.8, 4) is 17.2 Å². The van der Waals surface area contributed by atoms with E-state index in [4.69, 9.17) is 4.74 Å². The minimum atomic E-state index is -4.61. The molecule has 1 atom stereocenters. The third-order valence-corrected chi connectivity index (χ3v) is 4.37. The number of alkyl halides is 3. The zero-order valence-electron chi connectivity index (χ0n) is 14.3. The lowest BCUT2D eigenvalue weighted by Gasteiger charge is -2.12. The topological polar surface area (TPSA) is 76.4 Å². The smallest absolute Gasteiger partial charge is 0.418 e. The predicted octanol–water partition coefficient (Wildman–Crippen LogP) is 3.46. The molecule has 1 unspecified atom stereocenters. The van der Waals surface area contributed by atoms with Crippen molar-refractivity contribution in [3.63, 3.8) is 0 Å². The molecule has 9 heteroatoms. The van der Waals surface area contributed by atoms with Crippen LogP contribution in [-0.2, 0) is 6.18 Å². The second-order valence-corrected chi connectivity index (χ2v) is 6.20. The highest BCUT2D eigenvalue weighted by Gasteiger charge is 2.34. The molecule has 1 aliphatic heterocycles. The summed E-state index contributed by atoms with van der Waals surface area (Å²) in [7, 11) is 0. The molecule has 4 rings (SSSR count). The Morgan fingerprint density at radius 3 is 2.68 bits per heavy atom. The first-order chi connectivity index (χ1) is 13.3. The highest BCUT2D eigenvalue weighted by Crippen LogP contribution is 2.35. The number of hydrogen-bond donors (Lipinski definition) is 2. The summed E-state index contributed by atoms with van der Waals surface area (Å²) in [5.74, 6) is -0.602. The Kier molecular flexibility index (Phi) is 4.21. The van der Waals surface area contributed by atoms with E-state index in [0.717, 1.165) is 22.5 Å². The van der Waals surface area contributed by atoms with Crippen molar-refractivity contribution in [2.45, 2.75) is 12.2 Å². The number of fused-ring (bicyclic) bond motifs is 1. The van der Waals surface area contributed by atoms with Crippen molar-refractivity contribution < 1.29 is 27.8 Å². The second kappa shape index (κ2) is 6.59. The van der Waals surface area contributed by atoms with E-state index in [1.165, 1.54) is 18.2 Å². The molecule has 1 aromatic heterocycles. The Bertz CT molecular complexity index is 1050. The molecule has 2 aromatic carbocycles. The largest absolute Gasteiger partial charge is 0.504 e. The van der Waals surface area contributed by atoms with E-state index < -0.39 is 29.4 Å². The van der Waals surface area contributed by atoms with E-state index in [1.807, 2.05) is 0 Å². The number of carbonyl (C=O) groups is 1. The molecule has 6 nitrogen and oxygen atoms in total. The Labute approximate surface area is 157 Å². The third kappa shape index (κ3) is 3.15. The van der Waals surface area contributed by atoms with Gasteiger partial charge in [0.05, 0.1) is 23.5 Å². The summed E-state index contributed by atoms with van der Waals surface area (Å²) < 4.78 is 46.0. The Hall–Kier alpha value is -3.49. The van der Waals surface area contributed by atoms with Crippen LogP contribution in [0.15, 0.2) is 54.7 Å². The molecule has 0 spiro atoms. The number of nitrogens with zero attached hydrogens (tertiary/aromatic N) is 2. The first kappa shape index (κ1) is 17.9. The molecule has 2 heterocycles. The zero-order chi connectivity index (χ0) is 19.9. The average molecular weight is 389 g/mol. The molecule has 0 bridgehead atoms. The summed E-state index contributed by atoms with van der Waals surface area (Å²) in [6.45, 7) is 0.212. The van der Waals surface area contributed by atoms with Crippen molar-refractivity contribution in [2.24, 2.45) is 0 Å².